The SMILES string of the molecule is COC1C#CC2=CCCC/C2=C/C#Cc2ccccc21. The molecule has 3 rings (SSSR count). The van der Waals surface area contributed by atoms with Gasteiger partial charge in [-0.25, -0.2) is 0 Å². The summed E-state index contributed by atoms with van der Waals surface area (Å²) in [5, 5.41) is 0. The van der Waals surface area contributed by atoms with Crippen LogP contribution in [-0.4, -0.2) is 7.11 Å². The van der Waals surface area contributed by atoms with E-state index >= 15 is 0 Å². The lowest BCUT2D eigenvalue weighted by atomic mass is 9.92. The summed E-state index contributed by atoms with van der Waals surface area (Å²) >= 11 is 0. The normalized spacial score (nSPS) is 22.6. The molecular formula is C19H16O. The predicted molar refractivity (Wildman–Crippen MR) is 80.9 cm³/mol. The molecule has 0 aliphatic heterocycles. The second-order valence-corrected chi connectivity index (χ2v) is 4.92. The molecule has 2 aliphatic rings. The van der Waals surface area contributed by atoms with Crippen LogP contribution in [0.1, 0.15) is 36.5 Å². The number of benzene rings is 1. The van der Waals surface area contributed by atoms with Gasteiger partial charge in [0, 0.05) is 23.8 Å². The molecule has 1 unspecified atom stereocenters. The summed E-state index contributed by atoms with van der Waals surface area (Å²) in [5.41, 5.74) is 4.41. The van der Waals surface area contributed by atoms with Crippen molar-refractivity contribution in [3.8, 4) is 23.7 Å². The summed E-state index contributed by atoms with van der Waals surface area (Å²) in [4.78, 5) is 0. The highest BCUT2D eigenvalue weighted by atomic mass is 16.5. The molecule has 0 amide bonds. The zero-order chi connectivity index (χ0) is 13.8. The van der Waals surface area contributed by atoms with E-state index in [0.717, 1.165) is 29.5 Å². The zero-order valence-electron chi connectivity index (χ0n) is 11.6. The van der Waals surface area contributed by atoms with Crippen molar-refractivity contribution in [3.63, 3.8) is 0 Å². The monoisotopic (exact) mass is 260 g/mol. The van der Waals surface area contributed by atoms with E-state index in [-0.39, 0.29) is 6.10 Å². The third-order valence-electron chi connectivity index (χ3n) is 3.61. The molecule has 1 nitrogen and oxygen atoms in total. The maximum atomic E-state index is 5.54. The first-order valence-electron chi connectivity index (χ1n) is 6.93. The van der Waals surface area contributed by atoms with Gasteiger partial charge in [0.1, 0.15) is 6.10 Å². The first-order chi connectivity index (χ1) is 9.88. The van der Waals surface area contributed by atoms with Crippen LogP contribution < -0.4 is 0 Å². The molecule has 0 heterocycles. The summed E-state index contributed by atoms with van der Waals surface area (Å²) in [6.07, 6.45) is 7.36. The summed E-state index contributed by atoms with van der Waals surface area (Å²) in [6.45, 7) is 0. The predicted octanol–water partition coefficient (Wildman–Crippen LogP) is 3.78. The minimum atomic E-state index is -0.220. The van der Waals surface area contributed by atoms with E-state index in [0.29, 0.717) is 0 Å². The first kappa shape index (κ1) is 12.8. The Morgan fingerprint density at radius 3 is 3.00 bits per heavy atom. The molecule has 0 saturated carbocycles. The molecule has 2 aliphatic carbocycles. The summed E-state index contributed by atoms with van der Waals surface area (Å²) in [6, 6.07) is 8.06. The molecule has 0 fully saturated rings. The zero-order valence-corrected chi connectivity index (χ0v) is 11.6. The Labute approximate surface area is 120 Å². The largest absolute Gasteiger partial charge is 0.364 e. The van der Waals surface area contributed by atoms with Crippen LogP contribution in [0.25, 0.3) is 0 Å². The second kappa shape index (κ2) is 5.83. The summed E-state index contributed by atoms with van der Waals surface area (Å²) < 4.78 is 5.54. The third-order valence-corrected chi connectivity index (χ3v) is 3.61. The maximum absolute atomic E-state index is 5.54. The fourth-order valence-electron chi connectivity index (χ4n) is 2.53. The van der Waals surface area contributed by atoms with Crippen LogP contribution in [0.2, 0.25) is 0 Å². The van der Waals surface area contributed by atoms with E-state index in [1.165, 1.54) is 12.0 Å². The van der Waals surface area contributed by atoms with Gasteiger partial charge < -0.3 is 4.74 Å². The number of fused-ring (bicyclic) bond motifs is 2. The quantitative estimate of drug-likeness (QED) is 0.698. The Morgan fingerprint density at radius 2 is 2.10 bits per heavy atom. The molecule has 0 radical (unpaired) electrons. The molecule has 0 spiro atoms. The summed E-state index contributed by atoms with van der Waals surface area (Å²) in [7, 11) is 1.70. The minimum absolute atomic E-state index is 0.220. The van der Waals surface area contributed by atoms with Crippen LogP contribution in [0, 0.1) is 23.7 Å². The van der Waals surface area contributed by atoms with Crippen LogP contribution in [-0.2, 0) is 4.74 Å². The average molecular weight is 260 g/mol. The highest BCUT2D eigenvalue weighted by Gasteiger charge is 2.13. The maximum Gasteiger partial charge on any atom is 0.144 e. The molecule has 0 bridgehead atoms. The van der Waals surface area contributed by atoms with E-state index in [1.54, 1.807) is 7.11 Å². The van der Waals surface area contributed by atoms with E-state index in [2.05, 4.69) is 29.8 Å². The average Bonchev–Trinajstić information content (AvgIpc) is 2.50. The minimum Gasteiger partial charge on any atom is -0.364 e. The molecular weight excluding hydrogens is 244 g/mol. The van der Waals surface area contributed by atoms with Crippen LogP contribution in [0.5, 0.6) is 0 Å². The standard InChI is InChI=1S/C19H16O/c1-20-19-14-13-16-8-3-2-7-15(16)10-6-11-17-9-4-5-12-18(17)19/h4-5,8-10,12,19H,2-3,7H2,1H3/b15-10-. The Hall–Kier alpha value is -2.22. The molecule has 1 atom stereocenters. The van der Waals surface area contributed by atoms with E-state index in [1.807, 2.05) is 30.3 Å². The van der Waals surface area contributed by atoms with E-state index < -0.39 is 0 Å². The number of hydrogen-bond acceptors (Lipinski definition) is 1. The van der Waals surface area contributed by atoms with E-state index in [4.69, 9.17) is 4.74 Å². The Kier molecular flexibility index (Phi) is 3.73. The molecule has 98 valence electrons. The van der Waals surface area contributed by atoms with Crippen molar-refractivity contribution < 1.29 is 4.74 Å². The molecule has 0 aromatic heterocycles. The fraction of sp³-hybridized carbons (Fsp3) is 0.263. The van der Waals surface area contributed by atoms with Gasteiger partial charge in [0.15, 0.2) is 0 Å². The second-order valence-electron chi connectivity index (χ2n) is 4.92. The third kappa shape index (κ3) is 2.55. The smallest absolute Gasteiger partial charge is 0.144 e. The lowest BCUT2D eigenvalue weighted by Gasteiger charge is -2.14. The van der Waals surface area contributed by atoms with Crippen LogP contribution >= 0.6 is 0 Å². The van der Waals surface area contributed by atoms with Crippen molar-refractivity contribution in [1.82, 2.24) is 0 Å². The van der Waals surface area contributed by atoms with Crippen LogP contribution in [0.15, 0.2) is 47.6 Å². The van der Waals surface area contributed by atoms with Gasteiger partial charge >= 0.3 is 0 Å². The molecule has 1 aromatic rings. The molecule has 1 aromatic carbocycles. The fourth-order valence-corrected chi connectivity index (χ4v) is 2.53. The van der Waals surface area contributed by atoms with Gasteiger partial charge in [0.2, 0.25) is 0 Å². The summed E-state index contributed by atoms with van der Waals surface area (Å²) in [5.74, 6) is 12.9. The Balaban J connectivity index is 2.15. The van der Waals surface area contributed by atoms with Gasteiger partial charge in [-0.3, -0.25) is 0 Å². The van der Waals surface area contributed by atoms with Gasteiger partial charge in [-0.15, -0.1) is 0 Å². The van der Waals surface area contributed by atoms with E-state index in [9.17, 15) is 0 Å². The van der Waals surface area contributed by atoms with Gasteiger partial charge in [-0.1, -0.05) is 48.0 Å². The van der Waals surface area contributed by atoms with Crippen molar-refractivity contribution in [2.24, 2.45) is 0 Å². The number of rotatable bonds is 1. The highest BCUT2D eigenvalue weighted by molar-refractivity contribution is 5.54. The van der Waals surface area contributed by atoms with Gasteiger partial charge in [0.05, 0.1) is 0 Å². The van der Waals surface area contributed by atoms with Crippen LogP contribution in [0.3, 0.4) is 0 Å². The van der Waals surface area contributed by atoms with Gasteiger partial charge in [-0.05, 0) is 37.0 Å². The highest BCUT2D eigenvalue weighted by Crippen LogP contribution is 2.25. The van der Waals surface area contributed by atoms with Crippen LogP contribution in [0.4, 0.5) is 0 Å². The van der Waals surface area contributed by atoms with Crippen molar-refractivity contribution in [1.29, 1.82) is 0 Å². The topological polar surface area (TPSA) is 9.23 Å². The lowest BCUT2D eigenvalue weighted by Crippen LogP contribution is -2.03. The lowest BCUT2D eigenvalue weighted by molar-refractivity contribution is 0.150. The first-order valence-corrected chi connectivity index (χ1v) is 6.93. The Bertz CT molecular complexity index is 699. The van der Waals surface area contributed by atoms with Gasteiger partial charge in [0.25, 0.3) is 0 Å². The molecule has 0 N–H and O–H groups in total. The van der Waals surface area contributed by atoms with Crippen molar-refractivity contribution in [3.05, 3.63) is 58.7 Å². The van der Waals surface area contributed by atoms with Crippen molar-refractivity contribution in [2.45, 2.75) is 25.4 Å². The number of ether oxygens (including phenoxy) is 1. The number of methoxy groups -OCH3 is 1. The van der Waals surface area contributed by atoms with Crippen molar-refractivity contribution in [2.75, 3.05) is 7.11 Å². The molecule has 20 heavy (non-hydrogen) atoms. The van der Waals surface area contributed by atoms with Gasteiger partial charge in [-0.2, -0.15) is 0 Å². The number of allylic oxidation sites excluding steroid dienone is 4. The molecule has 1 heteroatoms. The Morgan fingerprint density at radius 1 is 1.20 bits per heavy atom. The number of hydrogen-bond donors (Lipinski definition) is 0. The van der Waals surface area contributed by atoms with Crippen molar-refractivity contribution >= 4 is 0 Å². The molecule has 0 saturated heterocycles.